The minimum Gasteiger partial charge on any atom is -0.355 e. The molecule has 2 saturated heterocycles. The highest BCUT2D eigenvalue weighted by molar-refractivity contribution is 5.91. The molecule has 6 heterocycles. The first kappa shape index (κ1) is 21.9. The Kier molecular flexibility index (Phi) is 5.17. The fourth-order valence-electron chi connectivity index (χ4n) is 5.35. The molecule has 2 aliphatic rings. The van der Waals surface area contributed by atoms with Crippen LogP contribution >= 0.6 is 0 Å². The Morgan fingerprint density at radius 3 is 2.69 bits per heavy atom. The van der Waals surface area contributed by atoms with E-state index in [1.807, 2.05) is 41.6 Å². The molecule has 0 saturated carbocycles. The second kappa shape index (κ2) is 8.26. The lowest BCUT2D eigenvalue weighted by atomic mass is 9.99. The van der Waals surface area contributed by atoms with Crippen molar-refractivity contribution in [1.82, 2.24) is 39.1 Å². The molecule has 0 radical (unpaired) electrons. The van der Waals surface area contributed by atoms with E-state index in [0.717, 1.165) is 72.9 Å². The van der Waals surface area contributed by atoms with Gasteiger partial charge in [0, 0.05) is 54.9 Å². The highest BCUT2D eigenvalue weighted by Crippen LogP contribution is 2.32. The molecule has 0 spiro atoms. The molecule has 0 aliphatic carbocycles. The topological polar surface area (TPSA) is 123 Å². The molecule has 2 atom stereocenters. The van der Waals surface area contributed by atoms with Gasteiger partial charge in [-0.3, -0.25) is 4.79 Å². The Labute approximate surface area is 203 Å². The van der Waals surface area contributed by atoms with Gasteiger partial charge in [-0.15, -0.1) is 5.10 Å². The third-order valence-electron chi connectivity index (χ3n) is 7.06. The van der Waals surface area contributed by atoms with Gasteiger partial charge in [0.1, 0.15) is 5.82 Å². The first-order valence-electron chi connectivity index (χ1n) is 12.3. The van der Waals surface area contributed by atoms with Gasteiger partial charge in [-0.2, -0.15) is 10.1 Å². The first-order chi connectivity index (χ1) is 16.9. The summed E-state index contributed by atoms with van der Waals surface area (Å²) >= 11 is 0. The highest BCUT2D eigenvalue weighted by atomic mass is 16.2. The lowest BCUT2D eigenvalue weighted by molar-refractivity contribution is 0.0593. The molecule has 4 aromatic heterocycles. The number of nitrogens with two attached hydrogens (primary N) is 1. The molecular formula is C24H30N10O. The van der Waals surface area contributed by atoms with Crippen molar-refractivity contribution in [2.45, 2.75) is 58.5 Å². The molecule has 0 aromatic carbocycles. The number of carbonyl (C=O) groups is 1. The molecule has 182 valence electrons. The number of piperidine rings is 1. The van der Waals surface area contributed by atoms with Crippen molar-refractivity contribution in [1.29, 1.82) is 0 Å². The van der Waals surface area contributed by atoms with Gasteiger partial charge in [0.05, 0.1) is 11.7 Å². The maximum Gasteiger partial charge on any atom is 0.294 e. The molecular weight excluding hydrogens is 444 g/mol. The highest BCUT2D eigenvalue weighted by Gasteiger charge is 2.33. The summed E-state index contributed by atoms with van der Waals surface area (Å²) in [5.41, 5.74) is 10.5. The number of anilines is 1. The monoisotopic (exact) mass is 474 g/mol. The zero-order valence-electron chi connectivity index (χ0n) is 20.3. The van der Waals surface area contributed by atoms with Gasteiger partial charge in [0.25, 0.3) is 11.7 Å². The summed E-state index contributed by atoms with van der Waals surface area (Å²) in [7, 11) is 0. The molecule has 2 N–H and O–H groups in total. The van der Waals surface area contributed by atoms with Crippen molar-refractivity contribution >= 4 is 23.1 Å². The summed E-state index contributed by atoms with van der Waals surface area (Å²) in [5, 5.41) is 9.30. The van der Waals surface area contributed by atoms with Gasteiger partial charge in [-0.05, 0) is 52.5 Å². The zero-order valence-corrected chi connectivity index (χ0v) is 20.3. The van der Waals surface area contributed by atoms with E-state index in [1.165, 1.54) is 0 Å². The van der Waals surface area contributed by atoms with Gasteiger partial charge in [-0.25, -0.2) is 19.0 Å². The van der Waals surface area contributed by atoms with Crippen molar-refractivity contribution in [3.8, 4) is 0 Å². The predicted octanol–water partition coefficient (Wildman–Crippen LogP) is 2.00. The zero-order chi connectivity index (χ0) is 24.3. The van der Waals surface area contributed by atoms with Crippen LogP contribution in [0.1, 0.15) is 65.0 Å². The predicted molar refractivity (Wildman–Crippen MR) is 130 cm³/mol. The average Bonchev–Trinajstić information content (AvgIpc) is 3.56. The summed E-state index contributed by atoms with van der Waals surface area (Å²) < 4.78 is 3.45. The second-order valence-corrected chi connectivity index (χ2v) is 9.81. The lowest BCUT2D eigenvalue weighted by Gasteiger charge is -2.33. The summed E-state index contributed by atoms with van der Waals surface area (Å²) in [5.74, 6) is 1.38. The van der Waals surface area contributed by atoms with Gasteiger partial charge in [-0.1, -0.05) is 0 Å². The van der Waals surface area contributed by atoms with Crippen molar-refractivity contribution in [3.05, 3.63) is 46.8 Å². The molecule has 2 fully saturated rings. The third-order valence-corrected chi connectivity index (χ3v) is 7.06. The van der Waals surface area contributed by atoms with Crippen LogP contribution < -0.4 is 10.6 Å². The Hall–Kier alpha value is -3.60. The van der Waals surface area contributed by atoms with Crippen molar-refractivity contribution < 1.29 is 4.79 Å². The molecule has 11 heteroatoms. The SMILES string of the molecule is Cc1cc(C)n2nc(C(=O)N3CCCCC3c3cc4nc(N5CCC(N)C5)c(C)cn4n3)nc2n1. The summed E-state index contributed by atoms with van der Waals surface area (Å²) in [4.78, 5) is 31.5. The van der Waals surface area contributed by atoms with E-state index in [4.69, 9.17) is 15.8 Å². The average molecular weight is 475 g/mol. The molecule has 35 heavy (non-hydrogen) atoms. The van der Waals surface area contributed by atoms with E-state index in [9.17, 15) is 4.79 Å². The fraction of sp³-hybridized carbons (Fsp3) is 0.500. The molecule has 11 nitrogen and oxygen atoms in total. The summed E-state index contributed by atoms with van der Waals surface area (Å²) in [6.07, 6.45) is 5.80. The van der Waals surface area contributed by atoms with Crippen LogP contribution in [0, 0.1) is 20.8 Å². The summed E-state index contributed by atoms with van der Waals surface area (Å²) in [6, 6.07) is 3.96. The Balaban J connectivity index is 1.33. The standard InChI is InChI=1S/C24H30N10O/c1-14-12-33-20(27-22(14)31-9-7-17(25)13-31)11-18(29-33)19-6-4-5-8-32(19)23(35)21-28-24-26-15(2)10-16(3)34(24)30-21/h10-12,17,19H,4-9,13,25H2,1-3H3. The van der Waals surface area contributed by atoms with Gasteiger partial charge in [0.2, 0.25) is 5.82 Å². The van der Waals surface area contributed by atoms with Gasteiger partial charge >= 0.3 is 0 Å². The summed E-state index contributed by atoms with van der Waals surface area (Å²) in [6.45, 7) is 8.27. The Morgan fingerprint density at radius 2 is 1.89 bits per heavy atom. The Morgan fingerprint density at radius 1 is 1.03 bits per heavy atom. The number of nitrogens with zero attached hydrogens (tertiary/aromatic N) is 9. The van der Waals surface area contributed by atoms with Crippen LogP contribution in [0.5, 0.6) is 0 Å². The van der Waals surface area contributed by atoms with Crippen LogP contribution in [0.3, 0.4) is 0 Å². The number of amides is 1. The minimum absolute atomic E-state index is 0.149. The van der Waals surface area contributed by atoms with Crippen molar-refractivity contribution in [3.63, 3.8) is 0 Å². The lowest BCUT2D eigenvalue weighted by Crippen LogP contribution is -2.39. The van der Waals surface area contributed by atoms with Gasteiger partial charge in [0.15, 0.2) is 5.65 Å². The Bertz CT molecular complexity index is 1440. The number of hydrogen-bond donors (Lipinski definition) is 1. The van der Waals surface area contributed by atoms with Crippen LogP contribution in [0.4, 0.5) is 5.82 Å². The number of hydrogen-bond acceptors (Lipinski definition) is 8. The van der Waals surface area contributed by atoms with Crippen LogP contribution in [0.25, 0.3) is 11.4 Å². The fourth-order valence-corrected chi connectivity index (χ4v) is 5.35. The van der Waals surface area contributed by atoms with Gasteiger partial charge < -0.3 is 15.5 Å². The van der Waals surface area contributed by atoms with Crippen LogP contribution in [0.15, 0.2) is 18.3 Å². The largest absolute Gasteiger partial charge is 0.355 e. The van der Waals surface area contributed by atoms with E-state index in [-0.39, 0.29) is 23.8 Å². The van der Waals surface area contributed by atoms with E-state index >= 15 is 0 Å². The van der Waals surface area contributed by atoms with Crippen molar-refractivity contribution in [2.75, 3.05) is 24.5 Å². The first-order valence-corrected chi connectivity index (χ1v) is 12.3. The van der Waals surface area contributed by atoms with Crippen molar-refractivity contribution in [2.24, 2.45) is 5.73 Å². The number of rotatable bonds is 3. The maximum absolute atomic E-state index is 13.6. The maximum atomic E-state index is 13.6. The molecule has 6 rings (SSSR count). The number of carbonyl (C=O) groups excluding carboxylic acids is 1. The number of fused-ring (bicyclic) bond motifs is 2. The molecule has 2 unspecified atom stereocenters. The second-order valence-electron chi connectivity index (χ2n) is 9.81. The molecule has 0 bridgehead atoms. The third kappa shape index (κ3) is 3.79. The number of likely N-dealkylation sites (tertiary alicyclic amines) is 1. The van der Waals surface area contributed by atoms with Crippen LogP contribution in [-0.4, -0.2) is 70.7 Å². The molecule has 4 aromatic rings. The molecule has 2 aliphatic heterocycles. The van der Waals surface area contributed by atoms with Crippen LogP contribution in [-0.2, 0) is 0 Å². The minimum atomic E-state index is -0.190. The molecule has 1 amide bonds. The number of aromatic nitrogens is 7. The van der Waals surface area contributed by atoms with E-state index < -0.39 is 0 Å². The van der Waals surface area contributed by atoms with E-state index in [2.05, 4.69) is 26.9 Å². The van der Waals surface area contributed by atoms with E-state index in [0.29, 0.717) is 12.3 Å². The van der Waals surface area contributed by atoms with E-state index in [1.54, 1.807) is 4.52 Å². The number of aryl methyl sites for hydroxylation is 3. The van der Waals surface area contributed by atoms with Crippen LogP contribution in [0.2, 0.25) is 0 Å². The normalized spacial score (nSPS) is 20.9. The quantitative estimate of drug-likeness (QED) is 0.478. The smallest absolute Gasteiger partial charge is 0.294 e.